The quantitative estimate of drug-likeness (QED) is 0.795. The number of nitrogens with zero attached hydrogens (tertiary/aromatic N) is 4. The number of aromatic nitrogens is 1. The summed E-state index contributed by atoms with van der Waals surface area (Å²) in [6, 6.07) is 8.59. The van der Waals surface area contributed by atoms with Crippen molar-refractivity contribution in [3.05, 3.63) is 45.9 Å². The number of amides is 1. The number of benzene rings is 1. The van der Waals surface area contributed by atoms with Crippen LogP contribution in [0.4, 0.5) is 5.69 Å². The van der Waals surface area contributed by atoms with Gasteiger partial charge in [-0.2, -0.15) is 0 Å². The standard InChI is InChI=1S/C21H28N4OS/c1-17-5-4-6-19(13-17)24-9-11-25(12-10-24)21(26)14-18-16-27-20(22-18)15-23-7-2-3-8-23/h4-6,13,16H,2-3,7-12,14-15H2,1H3. The van der Waals surface area contributed by atoms with Crippen LogP contribution in [-0.2, 0) is 17.8 Å². The molecule has 0 atom stereocenters. The molecule has 27 heavy (non-hydrogen) atoms. The Morgan fingerprint density at radius 3 is 2.63 bits per heavy atom. The lowest BCUT2D eigenvalue weighted by atomic mass is 10.2. The van der Waals surface area contributed by atoms with Crippen LogP contribution in [-0.4, -0.2) is 60.0 Å². The molecule has 3 heterocycles. The van der Waals surface area contributed by atoms with Gasteiger partial charge in [0.2, 0.25) is 5.91 Å². The van der Waals surface area contributed by atoms with Crippen LogP contribution in [0, 0.1) is 6.92 Å². The van der Waals surface area contributed by atoms with Gasteiger partial charge in [0.1, 0.15) is 5.01 Å². The highest BCUT2D eigenvalue weighted by molar-refractivity contribution is 7.09. The van der Waals surface area contributed by atoms with E-state index in [0.717, 1.165) is 43.4 Å². The fraction of sp³-hybridized carbons (Fsp3) is 0.524. The van der Waals surface area contributed by atoms with Crippen molar-refractivity contribution >= 4 is 22.9 Å². The molecule has 0 spiro atoms. The lowest BCUT2D eigenvalue weighted by molar-refractivity contribution is -0.130. The number of anilines is 1. The average molecular weight is 385 g/mol. The highest BCUT2D eigenvalue weighted by Gasteiger charge is 2.22. The summed E-state index contributed by atoms with van der Waals surface area (Å²) in [6.45, 7) is 8.79. The van der Waals surface area contributed by atoms with Gasteiger partial charge >= 0.3 is 0 Å². The number of rotatable bonds is 5. The Labute approximate surface area is 165 Å². The van der Waals surface area contributed by atoms with E-state index in [0.29, 0.717) is 6.42 Å². The maximum Gasteiger partial charge on any atom is 0.228 e. The topological polar surface area (TPSA) is 39.7 Å². The fourth-order valence-corrected chi connectivity index (χ4v) is 4.78. The third-order valence-corrected chi connectivity index (χ3v) is 6.37. The van der Waals surface area contributed by atoms with Gasteiger partial charge in [-0.05, 0) is 50.6 Å². The van der Waals surface area contributed by atoms with Crippen molar-refractivity contribution in [2.75, 3.05) is 44.2 Å². The maximum atomic E-state index is 12.7. The molecule has 144 valence electrons. The molecule has 5 nitrogen and oxygen atoms in total. The molecule has 4 rings (SSSR count). The number of aryl methyl sites for hydroxylation is 1. The zero-order valence-electron chi connectivity index (χ0n) is 16.1. The van der Waals surface area contributed by atoms with Gasteiger partial charge in [-0.3, -0.25) is 9.69 Å². The summed E-state index contributed by atoms with van der Waals surface area (Å²) in [4.78, 5) is 24.2. The molecule has 2 fully saturated rings. The van der Waals surface area contributed by atoms with Crippen LogP contribution in [0.2, 0.25) is 0 Å². The van der Waals surface area contributed by atoms with Crippen molar-refractivity contribution in [2.24, 2.45) is 0 Å². The summed E-state index contributed by atoms with van der Waals surface area (Å²) in [6.07, 6.45) is 3.03. The van der Waals surface area contributed by atoms with E-state index in [1.807, 2.05) is 4.90 Å². The molecule has 2 aromatic rings. The Balaban J connectivity index is 1.27. The summed E-state index contributed by atoms with van der Waals surface area (Å²) in [5.74, 6) is 0.205. The van der Waals surface area contributed by atoms with Gasteiger partial charge in [0, 0.05) is 37.2 Å². The van der Waals surface area contributed by atoms with E-state index in [9.17, 15) is 4.79 Å². The maximum absolute atomic E-state index is 12.7. The number of carbonyl (C=O) groups excluding carboxylic acids is 1. The Hall–Kier alpha value is -1.92. The number of likely N-dealkylation sites (tertiary alicyclic amines) is 1. The molecular formula is C21H28N4OS. The lowest BCUT2D eigenvalue weighted by Crippen LogP contribution is -2.49. The van der Waals surface area contributed by atoms with Gasteiger partial charge in [-0.1, -0.05) is 12.1 Å². The molecule has 2 saturated heterocycles. The molecule has 0 bridgehead atoms. The summed E-state index contributed by atoms with van der Waals surface area (Å²) < 4.78 is 0. The molecule has 0 aliphatic carbocycles. The molecule has 1 aromatic carbocycles. The van der Waals surface area contributed by atoms with Crippen molar-refractivity contribution in [1.29, 1.82) is 0 Å². The Bertz CT molecular complexity index is 776. The van der Waals surface area contributed by atoms with Crippen LogP contribution in [0.3, 0.4) is 0 Å². The van der Waals surface area contributed by atoms with E-state index in [1.54, 1.807) is 11.3 Å². The summed E-state index contributed by atoms with van der Waals surface area (Å²) in [5, 5.41) is 3.20. The van der Waals surface area contributed by atoms with Crippen molar-refractivity contribution in [2.45, 2.75) is 32.7 Å². The Morgan fingerprint density at radius 2 is 1.89 bits per heavy atom. The second-order valence-electron chi connectivity index (χ2n) is 7.60. The summed E-state index contributed by atoms with van der Waals surface area (Å²) in [5.41, 5.74) is 3.47. The van der Waals surface area contributed by atoms with Gasteiger partial charge in [0.05, 0.1) is 18.7 Å². The van der Waals surface area contributed by atoms with Gasteiger partial charge < -0.3 is 9.80 Å². The zero-order valence-corrected chi connectivity index (χ0v) is 16.9. The first kappa shape index (κ1) is 18.4. The monoisotopic (exact) mass is 384 g/mol. The van der Waals surface area contributed by atoms with Gasteiger partial charge in [0.15, 0.2) is 0 Å². The minimum Gasteiger partial charge on any atom is -0.368 e. The first-order chi connectivity index (χ1) is 13.2. The first-order valence-corrected chi connectivity index (χ1v) is 10.8. The summed E-state index contributed by atoms with van der Waals surface area (Å²) >= 11 is 1.69. The number of hydrogen-bond donors (Lipinski definition) is 0. The highest BCUT2D eigenvalue weighted by atomic mass is 32.1. The smallest absolute Gasteiger partial charge is 0.228 e. The Kier molecular flexibility index (Phi) is 5.74. The van der Waals surface area contributed by atoms with Crippen LogP contribution < -0.4 is 4.90 Å². The van der Waals surface area contributed by atoms with E-state index in [-0.39, 0.29) is 5.91 Å². The number of carbonyl (C=O) groups is 1. The molecule has 0 radical (unpaired) electrons. The molecule has 1 amide bonds. The van der Waals surface area contributed by atoms with Gasteiger partial charge in [0.25, 0.3) is 0 Å². The van der Waals surface area contributed by atoms with E-state index in [4.69, 9.17) is 4.98 Å². The van der Waals surface area contributed by atoms with E-state index < -0.39 is 0 Å². The molecule has 6 heteroatoms. The zero-order chi connectivity index (χ0) is 18.6. The highest BCUT2D eigenvalue weighted by Crippen LogP contribution is 2.19. The van der Waals surface area contributed by atoms with Crippen molar-refractivity contribution in [3.8, 4) is 0 Å². The first-order valence-electron chi connectivity index (χ1n) is 9.92. The lowest BCUT2D eigenvalue weighted by Gasteiger charge is -2.36. The predicted molar refractivity (Wildman–Crippen MR) is 110 cm³/mol. The third kappa shape index (κ3) is 4.68. The molecule has 0 unspecified atom stereocenters. The number of thiazole rings is 1. The molecule has 1 aromatic heterocycles. The van der Waals surface area contributed by atoms with Gasteiger partial charge in [-0.25, -0.2) is 4.98 Å². The van der Waals surface area contributed by atoms with Crippen LogP contribution in [0.1, 0.15) is 29.1 Å². The Morgan fingerprint density at radius 1 is 1.11 bits per heavy atom. The van der Waals surface area contributed by atoms with Crippen molar-refractivity contribution in [1.82, 2.24) is 14.8 Å². The molecular weight excluding hydrogens is 356 g/mol. The largest absolute Gasteiger partial charge is 0.368 e. The minimum absolute atomic E-state index is 0.205. The predicted octanol–water partition coefficient (Wildman–Crippen LogP) is 2.94. The van der Waals surface area contributed by atoms with E-state index >= 15 is 0 Å². The fourth-order valence-electron chi connectivity index (χ4n) is 3.94. The van der Waals surface area contributed by atoms with E-state index in [2.05, 4.69) is 46.4 Å². The molecule has 2 aliphatic heterocycles. The molecule has 0 saturated carbocycles. The van der Waals surface area contributed by atoms with Crippen LogP contribution in [0.25, 0.3) is 0 Å². The SMILES string of the molecule is Cc1cccc(N2CCN(C(=O)Cc3csc(CN4CCCC4)n3)CC2)c1. The van der Waals surface area contributed by atoms with Crippen LogP contribution in [0.5, 0.6) is 0 Å². The normalized spacial score (nSPS) is 18.3. The number of hydrogen-bond acceptors (Lipinski definition) is 5. The number of piperazine rings is 1. The second-order valence-corrected chi connectivity index (χ2v) is 8.54. The average Bonchev–Trinajstić information content (AvgIpc) is 3.34. The third-order valence-electron chi connectivity index (χ3n) is 5.49. The van der Waals surface area contributed by atoms with Gasteiger partial charge in [-0.15, -0.1) is 11.3 Å². The minimum atomic E-state index is 0.205. The molecule has 0 N–H and O–H groups in total. The second kappa shape index (κ2) is 8.40. The van der Waals surface area contributed by atoms with E-state index in [1.165, 1.54) is 37.2 Å². The van der Waals surface area contributed by atoms with Crippen LogP contribution in [0.15, 0.2) is 29.6 Å². The van der Waals surface area contributed by atoms with Crippen molar-refractivity contribution < 1.29 is 4.79 Å². The molecule has 2 aliphatic rings. The van der Waals surface area contributed by atoms with Crippen molar-refractivity contribution in [3.63, 3.8) is 0 Å². The van der Waals surface area contributed by atoms with Crippen LogP contribution >= 0.6 is 11.3 Å². The summed E-state index contributed by atoms with van der Waals surface area (Å²) in [7, 11) is 0.